The molecule has 114 valence electrons. The standard InChI is InChI=1S/C16H22N2O3/c1-3-21-15(19)13-6-8-14(9-7-13)17-16(20)18-10-4-5-12(2)11-18/h6-9,12H,3-5,10-11H2,1-2H3,(H,17,20)/t12-/m0/s1. The molecule has 21 heavy (non-hydrogen) atoms. The summed E-state index contributed by atoms with van der Waals surface area (Å²) in [5.41, 5.74) is 1.17. The minimum atomic E-state index is -0.347. The molecule has 1 aromatic carbocycles. The fourth-order valence-electron chi connectivity index (χ4n) is 2.48. The number of likely N-dealkylation sites (tertiary alicyclic amines) is 1. The average Bonchev–Trinajstić information content (AvgIpc) is 2.48. The van der Waals surface area contributed by atoms with Crippen LogP contribution in [0.2, 0.25) is 0 Å². The molecule has 1 aliphatic rings. The molecule has 0 saturated carbocycles. The summed E-state index contributed by atoms with van der Waals surface area (Å²) in [5.74, 6) is 0.205. The third-order valence-corrected chi connectivity index (χ3v) is 3.59. The number of amides is 2. The van der Waals surface area contributed by atoms with Gasteiger partial charge in [0, 0.05) is 18.8 Å². The monoisotopic (exact) mass is 290 g/mol. The Bertz CT molecular complexity index is 499. The van der Waals surface area contributed by atoms with Crippen LogP contribution in [0.3, 0.4) is 0 Å². The molecule has 0 aromatic heterocycles. The Morgan fingerprint density at radius 3 is 2.67 bits per heavy atom. The Hall–Kier alpha value is -2.04. The number of ether oxygens (including phenoxy) is 1. The number of rotatable bonds is 3. The van der Waals surface area contributed by atoms with Crippen molar-refractivity contribution in [3.05, 3.63) is 29.8 Å². The van der Waals surface area contributed by atoms with Crippen LogP contribution in [0.1, 0.15) is 37.0 Å². The third kappa shape index (κ3) is 4.21. The topological polar surface area (TPSA) is 58.6 Å². The molecule has 2 amide bonds. The van der Waals surface area contributed by atoms with E-state index in [0.29, 0.717) is 23.8 Å². The quantitative estimate of drug-likeness (QED) is 0.870. The number of urea groups is 1. The summed E-state index contributed by atoms with van der Waals surface area (Å²) in [7, 11) is 0. The first-order chi connectivity index (χ1) is 10.1. The van der Waals surface area contributed by atoms with Gasteiger partial charge in [-0.05, 0) is 49.9 Å². The lowest BCUT2D eigenvalue weighted by Gasteiger charge is -2.30. The number of benzene rings is 1. The number of carbonyl (C=O) groups excluding carboxylic acids is 2. The SMILES string of the molecule is CCOC(=O)c1ccc(NC(=O)N2CCC[C@H](C)C2)cc1. The predicted octanol–water partition coefficient (Wildman–Crippen LogP) is 3.13. The first-order valence-electron chi connectivity index (χ1n) is 7.43. The molecular formula is C16H22N2O3. The van der Waals surface area contributed by atoms with Crippen molar-refractivity contribution in [1.29, 1.82) is 0 Å². The maximum absolute atomic E-state index is 12.2. The van der Waals surface area contributed by atoms with Crippen molar-refractivity contribution in [2.24, 2.45) is 5.92 Å². The van der Waals surface area contributed by atoms with Gasteiger partial charge in [-0.2, -0.15) is 0 Å². The molecule has 1 aliphatic heterocycles. The van der Waals surface area contributed by atoms with Crippen LogP contribution in [0.15, 0.2) is 24.3 Å². The van der Waals surface area contributed by atoms with Gasteiger partial charge in [-0.15, -0.1) is 0 Å². The molecule has 5 heteroatoms. The molecule has 1 heterocycles. The summed E-state index contributed by atoms with van der Waals surface area (Å²) in [4.78, 5) is 25.5. The maximum Gasteiger partial charge on any atom is 0.338 e. The van der Waals surface area contributed by atoms with Gasteiger partial charge >= 0.3 is 12.0 Å². The molecule has 1 saturated heterocycles. The van der Waals surface area contributed by atoms with E-state index in [0.717, 1.165) is 19.5 Å². The number of carbonyl (C=O) groups is 2. The van der Waals surface area contributed by atoms with E-state index in [1.807, 2.05) is 4.90 Å². The van der Waals surface area contributed by atoms with Crippen LogP contribution < -0.4 is 5.32 Å². The van der Waals surface area contributed by atoms with Gasteiger partial charge in [-0.1, -0.05) is 6.92 Å². The second-order valence-electron chi connectivity index (χ2n) is 5.42. The third-order valence-electron chi connectivity index (χ3n) is 3.59. The van der Waals surface area contributed by atoms with Gasteiger partial charge < -0.3 is 15.0 Å². The molecular weight excluding hydrogens is 268 g/mol. The zero-order valence-corrected chi connectivity index (χ0v) is 12.6. The fraction of sp³-hybridized carbons (Fsp3) is 0.500. The Morgan fingerprint density at radius 2 is 2.05 bits per heavy atom. The Kier molecular flexibility index (Phi) is 5.20. The molecule has 0 spiro atoms. The van der Waals surface area contributed by atoms with Gasteiger partial charge in [0.05, 0.1) is 12.2 Å². The Balaban J connectivity index is 1.93. The van der Waals surface area contributed by atoms with Crippen molar-refractivity contribution in [3.63, 3.8) is 0 Å². The van der Waals surface area contributed by atoms with Crippen molar-refractivity contribution in [1.82, 2.24) is 4.90 Å². The van der Waals surface area contributed by atoms with E-state index in [4.69, 9.17) is 4.74 Å². The number of esters is 1. The number of hydrogen-bond acceptors (Lipinski definition) is 3. The van der Waals surface area contributed by atoms with Crippen LogP contribution in [0.4, 0.5) is 10.5 Å². The van der Waals surface area contributed by atoms with E-state index in [2.05, 4.69) is 12.2 Å². The lowest BCUT2D eigenvalue weighted by molar-refractivity contribution is 0.0526. The predicted molar refractivity (Wildman–Crippen MR) is 81.4 cm³/mol. The fourth-order valence-corrected chi connectivity index (χ4v) is 2.48. The molecule has 1 fully saturated rings. The highest BCUT2D eigenvalue weighted by atomic mass is 16.5. The number of anilines is 1. The van der Waals surface area contributed by atoms with Crippen LogP contribution in [-0.2, 0) is 4.74 Å². The van der Waals surface area contributed by atoms with Gasteiger partial charge in [0.1, 0.15) is 0 Å². The normalized spacial score (nSPS) is 18.2. The van der Waals surface area contributed by atoms with Crippen LogP contribution in [0, 0.1) is 5.92 Å². The molecule has 1 N–H and O–H groups in total. The Labute approximate surface area is 125 Å². The molecule has 1 atom stereocenters. The number of piperidine rings is 1. The second kappa shape index (κ2) is 7.11. The first kappa shape index (κ1) is 15.4. The summed E-state index contributed by atoms with van der Waals surface area (Å²) in [5, 5.41) is 2.87. The lowest BCUT2D eigenvalue weighted by atomic mass is 10.0. The summed E-state index contributed by atoms with van der Waals surface area (Å²) < 4.78 is 4.92. The summed E-state index contributed by atoms with van der Waals surface area (Å²) in [6.07, 6.45) is 2.23. The van der Waals surface area contributed by atoms with E-state index in [1.165, 1.54) is 6.42 Å². The van der Waals surface area contributed by atoms with Crippen LogP contribution in [0.5, 0.6) is 0 Å². The minimum absolute atomic E-state index is 0.0783. The van der Waals surface area contributed by atoms with E-state index in [-0.39, 0.29) is 12.0 Å². The van der Waals surface area contributed by atoms with Crippen molar-refractivity contribution >= 4 is 17.7 Å². The molecule has 0 radical (unpaired) electrons. The van der Waals surface area contributed by atoms with Crippen LogP contribution in [0.25, 0.3) is 0 Å². The van der Waals surface area contributed by atoms with E-state index < -0.39 is 0 Å². The number of nitrogens with zero attached hydrogens (tertiary/aromatic N) is 1. The van der Waals surface area contributed by atoms with Gasteiger partial charge in [0.15, 0.2) is 0 Å². The summed E-state index contributed by atoms with van der Waals surface area (Å²) >= 11 is 0. The van der Waals surface area contributed by atoms with Gasteiger partial charge in [-0.25, -0.2) is 9.59 Å². The van der Waals surface area contributed by atoms with Gasteiger partial charge in [0.25, 0.3) is 0 Å². The molecule has 5 nitrogen and oxygen atoms in total. The highest BCUT2D eigenvalue weighted by molar-refractivity contribution is 5.92. The molecule has 2 rings (SSSR count). The largest absolute Gasteiger partial charge is 0.462 e. The van der Waals surface area contributed by atoms with E-state index in [1.54, 1.807) is 31.2 Å². The number of hydrogen-bond donors (Lipinski definition) is 1. The molecule has 1 aromatic rings. The van der Waals surface area contributed by atoms with Crippen molar-refractivity contribution < 1.29 is 14.3 Å². The summed E-state index contributed by atoms with van der Waals surface area (Å²) in [6, 6.07) is 6.68. The van der Waals surface area contributed by atoms with Gasteiger partial charge in [-0.3, -0.25) is 0 Å². The lowest BCUT2D eigenvalue weighted by Crippen LogP contribution is -2.41. The van der Waals surface area contributed by atoms with Crippen molar-refractivity contribution in [3.8, 4) is 0 Å². The first-order valence-corrected chi connectivity index (χ1v) is 7.43. The van der Waals surface area contributed by atoms with E-state index in [9.17, 15) is 9.59 Å². The van der Waals surface area contributed by atoms with E-state index >= 15 is 0 Å². The zero-order valence-electron chi connectivity index (χ0n) is 12.6. The molecule has 0 aliphatic carbocycles. The van der Waals surface area contributed by atoms with Crippen molar-refractivity contribution in [2.45, 2.75) is 26.7 Å². The molecule has 0 bridgehead atoms. The zero-order chi connectivity index (χ0) is 15.2. The maximum atomic E-state index is 12.2. The summed E-state index contributed by atoms with van der Waals surface area (Å²) in [6.45, 7) is 5.88. The highest BCUT2D eigenvalue weighted by Gasteiger charge is 2.20. The Morgan fingerprint density at radius 1 is 1.33 bits per heavy atom. The second-order valence-corrected chi connectivity index (χ2v) is 5.42. The van der Waals surface area contributed by atoms with Gasteiger partial charge in [0.2, 0.25) is 0 Å². The highest BCUT2D eigenvalue weighted by Crippen LogP contribution is 2.17. The van der Waals surface area contributed by atoms with Crippen LogP contribution >= 0.6 is 0 Å². The number of nitrogens with one attached hydrogen (secondary N) is 1. The smallest absolute Gasteiger partial charge is 0.338 e. The van der Waals surface area contributed by atoms with Crippen LogP contribution in [-0.4, -0.2) is 36.6 Å². The minimum Gasteiger partial charge on any atom is -0.462 e. The van der Waals surface area contributed by atoms with Crippen molar-refractivity contribution in [2.75, 3.05) is 25.0 Å². The molecule has 0 unspecified atom stereocenters. The average molecular weight is 290 g/mol.